The monoisotopic (exact) mass is 532 g/mol. The van der Waals surface area contributed by atoms with Crippen LogP contribution >= 0.6 is 0 Å². The first kappa shape index (κ1) is 27.7. The van der Waals surface area contributed by atoms with E-state index in [9.17, 15) is 4.79 Å². The molecule has 1 aliphatic rings. The molecule has 5 rings (SSSR count). The van der Waals surface area contributed by atoms with Crippen molar-refractivity contribution in [1.29, 1.82) is 0 Å². The summed E-state index contributed by atoms with van der Waals surface area (Å²) in [4.78, 5) is 12.3. The lowest BCUT2D eigenvalue weighted by atomic mass is 9.63. The molecule has 0 aromatic heterocycles. The largest absolute Gasteiger partial charge is 0.493 e. The highest BCUT2D eigenvalue weighted by Crippen LogP contribution is 2.48. The maximum absolute atomic E-state index is 12.3. The minimum Gasteiger partial charge on any atom is -0.493 e. The number of ether oxygens (including phenoxy) is 2. The molecular weight excluding hydrogens is 492 g/mol. The number of carbonyl (C=O) groups excluding carboxylic acids is 1. The highest BCUT2D eigenvalue weighted by Gasteiger charge is 2.37. The van der Waals surface area contributed by atoms with E-state index in [1.54, 1.807) is 6.07 Å². The van der Waals surface area contributed by atoms with Crippen molar-refractivity contribution in [3.8, 4) is 39.1 Å². The molecule has 0 unspecified atom stereocenters. The van der Waals surface area contributed by atoms with Gasteiger partial charge in [0, 0.05) is 5.56 Å². The number of rotatable bonds is 7. The Morgan fingerprint density at radius 2 is 1.35 bits per heavy atom. The van der Waals surface area contributed by atoms with Gasteiger partial charge < -0.3 is 9.47 Å². The van der Waals surface area contributed by atoms with Gasteiger partial charge in [-0.1, -0.05) is 95.3 Å². The van der Waals surface area contributed by atoms with Crippen LogP contribution in [0.15, 0.2) is 84.9 Å². The van der Waals surface area contributed by atoms with Crippen LogP contribution in [-0.2, 0) is 15.6 Å². The summed E-state index contributed by atoms with van der Waals surface area (Å²) in [5, 5.41) is 0. The topological polar surface area (TPSA) is 35.5 Å². The van der Waals surface area contributed by atoms with E-state index in [1.165, 1.54) is 53.3 Å². The summed E-state index contributed by atoms with van der Waals surface area (Å²) in [6, 6.07) is 29.9. The third kappa shape index (κ3) is 5.30. The van der Waals surface area contributed by atoms with Crippen molar-refractivity contribution >= 4 is 5.97 Å². The molecule has 0 saturated carbocycles. The average Bonchev–Trinajstić information content (AvgIpc) is 2.98. The van der Waals surface area contributed by atoms with Gasteiger partial charge in [-0.05, 0) is 93.3 Å². The van der Waals surface area contributed by atoms with Gasteiger partial charge in [0.15, 0.2) is 0 Å². The number of hydrogen-bond donors (Lipinski definition) is 0. The number of hydrogen-bond acceptors (Lipinski definition) is 3. The average molecular weight is 533 g/mol. The first-order valence-corrected chi connectivity index (χ1v) is 14.3. The van der Waals surface area contributed by atoms with Crippen LogP contribution in [0.3, 0.4) is 0 Å². The number of fused-ring (bicyclic) bond motifs is 1. The molecule has 0 fully saturated rings. The molecule has 0 radical (unpaired) electrons. The molecule has 1 aliphatic carbocycles. The number of benzene rings is 4. The molecule has 0 amide bonds. The second-order valence-corrected chi connectivity index (χ2v) is 12.2. The first-order valence-electron chi connectivity index (χ1n) is 14.3. The number of methoxy groups -OCH3 is 1. The van der Waals surface area contributed by atoms with Gasteiger partial charge >= 0.3 is 5.97 Å². The van der Waals surface area contributed by atoms with Crippen molar-refractivity contribution < 1.29 is 14.3 Å². The Balaban J connectivity index is 1.71. The minimum absolute atomic E-state index is 0.121. The van der Waals surface area contributed by atoms with E-state index >= 15 is 0 Å². The molecule has 3 nitrogen and oxygen atoms in total. The fraction of sp³-hybridized carbons (Fsp3) is 0.324. The van der Waals surface area contributed by atoms with Crippen molar-refractivity contribution in [2.24, 2.45) is 0 Å². The molecular formula is C37H40O3. The maximum atomic E-state index is 12.3. The van der Waals surface area contributed by atoms with E-state index in [2.05, 4.69) is 101 Å². The summed E-state index contributed by atoms with van der Waals surface area (Å²) < 4.78 is 11.1. The van der Waals surface area contributed by atoms with Crippen molar-refractivity contribution in [2.75, 3.05) is 13.7 Å². The van der Waals surface area contributed by atoms with Gasteiger partial charge in [-0.25, -0.2) is 4.79 Å². The number of carbonyl (C=O) groups is 1. The lowest BCUT2D eigenvalue weighted by Gasteiger charge is -2.42. The van der Waals surface area contributed by atoms with Gasteiger partial charge in [-0.2, -0.15) is 0 Å². The van der Waals surface area contributed by atoms with Crippen LogP contribution in [0.2, 0.25) is 0 Å². The van der Waals surface area contributed by atoms with Crippen molar-refractivity contribution in [3.05, 3.63) is 102 Å². The zero-order chi connectivity index (χ0) is 28.5. The minimum atomic E-state index is -0.368. The molecule has 0 aliphatic heterocycles. The van der Waals surface area contributed by atoms with Gasteiger partial charge in [0.25, 0.3) is 0 Å². The van der Waals surface area contributed by atoms with Crippen molar-refractivity contribution in [1.82, 2.24) is 0 Å². The first-order chi connectivity index (χ1) is 19.1. The molecule has 0 atom stereocenters. The second-order valence-electron chi connectivity index (χ2n) is 12.2. The molecule has 206 valence electrons. The molecule has 0 spiro atoms. The fourth-order valence-corrected chi connectivity index (χ4v) is 5.91. The third-order valence-electron chi connectivity index (χ3n) is 8.44. The summed E-state index contributed by atoms with van der Waals surface area (Å²) in [6.07, 6.45) is 3.24. The Morgan fingerprint density at radius 1 is 0.700 bits per heavy atom. The van der Waals surface area contributed by atoms with Crippen LogP contribution < -0.4 is 4.74 Å². The van der Waals surface area contributed by atoms with E-state index < -0.39 is 0 Å². The van der Waals surface area contributed by atoms with Gasteiger partial charge in [-0.15, -0.1) is 0 Å². The summed E-state index contributed by atoms with van der Waals surface area (Å²) in [5.74, 6) is 0.323. The highest BCUT2D eigenvalue weighted by molar-refractivity contribution is 5.92. The summed E-state index contributed by atoms with van der Waals surface area (Å²) in [6.45, 7) is 12.1. The Morgan fingerprint density at radius 3 is 2.05 bits per heavy atom. The Bertz CT molecular complexity index is 1530. The van der Waals surface area contributed by atoms with Crippen molar-refractivity contribution in [3.63, 3.8) is 0 Å². The SMILES string of the molecule is CCCOc1cc(C(=O)OC)ccc1-c1ccc(-c2ccccc2)c(-c2ccc3c(c2)C(C)(C)CCC3(C)C)c1. The summed E-state index contributed by atoms with van der Waals surface area (Å²) in [5.41, 5.74) is 10.5. The maximum Gasteiger partial charge on any atom is 0.337 e. The van der Waals surface area contributed by atoms with Crippen LogP contribution in [0, 0.1) is 0 Å². The van der Waals surface area contributed by atoms with E-state index in [-0.39, 0.29) is 16.8 Å². The van der Waals surface area contributed by atoms with Gasteiger partial charge in [0.05, 0.1) is 19.3 Å². The molecule has 0 N–H and O–H groups in total. The molecule has 0 saturated heterocycles. The molecule has 4 aromatic rings. The standard InChI is InChI=1S/C37H40O3/c1-7-21-40-34-24-28(35(38)39-6)14-17-30(34)26-13-16-29(25-11-9-8-10-12-25)31(22-26)27-15-18-32-33(23-27)37(4,5)20-19-36(32,2)3/h8-18,22-24H,7,19-21H2,1-6H3. The Labute approximate surface area is 239 Å². The van der Waals surface area contributed by atoms with E-state index in [1.807, 2.05) is 12.1 Å². The predicted octanol–water partition coefficient (Wildman–Crippen LogP) is 9.61. The zero-order valence-corrected chi connectivity index (χ0v) is 24.6. The molecule has 0 heterocycles. The highest BCUT2D eigenvalue weighted by atomic mass is 16.5. The predicted molar refractivity (Wildman–Crippen MR) is 165 cm³/mol. The van der Waals surface area contributed by atoms with Crippen LogP contribution in [0.25, 0.3) is 33.4 Å². The molecule has 40 heavy (non-hydrogen) atoms. The van der Waals surface area contributed by atoms with E-state index in [4.69, 9.17) is 9.47 Å². The molecule has 4 aromatic carbocycles. The fourth-order valence-electron chi connectivity index (χ4n) is 5.91. The van der Waals surface area contributed by atoms with Gasteiger partial charge in [0.1, 0.15) is 5.75 Å². The lowest BCUT2D eigenvalue weighted by molar-refractivity contribution is 0.0600. The summed E-state index contributed by atoms with van der Waals surface area (Å²) in [7, 11) is 1.40. The summed E-state index contributed by atoms with van der Waals surface area (Å²) >= 11 is 0. The van der Waals surface area contributed by atoms with Crippen LogP contribution in [-0.4, -0.2) is 19.7 Å². The lowest BCUT2D eigenvalue weighted by Crippen LogP contribution is -2.33. The van der Waals surface area contributed by atoms with Gasteiger partial charge in [0.2, 0.25) is 0 Å². The third-order valence-corrected chi connectivity index (χ3v) is 8.44. The Kier molecular flexibility index (Phi) is 7.59. The van der Waals surface area contributed by atoms with Crippen LogP contribution in [0.1, 0.15) is 75.4 Å². The Hall–Kier alpha value is -3.85. The van der Waals surface area contributed by atoms with E-state index in [0.717, 1.165) is 17.5 Å². The molecule has 0 bridgehead atoms. The van der Waals surface area contributed by atoms with Crippen LogP contribution in [0.5, 0.6) is 5.75 Å². The van der Waals surface area contributed by atoms with Crippen molar-refractivity contribution in [2.45, 2.75) is 64.7 Å². The second kappa shape index (κ2) is 11.0. The quantitative estimate of drug-likeness (QED) is 0.222. The smallest absolute Gasteiger partial charge is 0.337 e. The zero-order valence-electron chi connectivity index (χ0n) is 24.6. The van der Waals surface area contributed by atoms with Crippen LogP contribution in [0.4, 0.5) is 0 Å². The van der Waals surface area contributed by atoms with Gasteiger partial charge in [-0.3, -0.25) is 0 Å². The molecule has 3 heteroatoms. The normalized spacial score (nSPS) is 15.2. The number of esters is 1. The van der Waals surface area contributed by atoms with E-state index in [0.29, 0.717) is 17.9 Å².